The molecular weight excluding hydrogens is 396 g/mol. The Balaban J connectivity index is 1.87. The van der Waals surface area contributed by atoms with Crippen LogP contribution in [0.3, 0.4) is 0 Å². The summed E-state index contributed by atoms with van der Waals surface area (Å²) in [6.45, 7) is 4.12. The zero-order valence-corrected chi connectivity index (χ0v) is 16.4. The predicted octanol–water partition coefficient (Wildman–Crippen LogP) is 3.73. The van der Waals surface area contributed by atoms with Gasteiger partial charge in [0.2, 0.25) is 0 Å². The summed E-state index contributed by atoms with van der Waals surface area (Å²) in [7, 11) is 0. The van der Waals surface area contributed by atoms with Crippen LogP contribution in [-0.4, -0.2) is 28.4 Å². The topological polar surface area (TPSA) is 58.6 Å². The molecule has 7 heteroatoms. The summed E-state index contributed by atoms with van der Waals surface area (Å²) in [4.78, 5) is 26.3. The summed E-state index contributed by atoms with van der Waals surface area (Å²) < 4.78 is 5.88. The largest absolute Gasteiger partial charge is 0.488 e. The Morgan fingerprint density at radius 1 is 1.18 bits per heavy atom. The van der Waals surface area contributed by atoms with E-state index in [1.165, 1.54) is 11.0 Å². The van der Waals surface area contributed by atoms with Crippen LogP contribution in [0.4, 0.5) is 0 Å². The highest BCUT2D eigenvalue weighted by molar-refractivity contribution is 7.80. The molecule has 0 aromatic heterocycles. The van der Waals surface area contributed by atoms with E-state index < -0.39 is 11.8 Å². The van der Waals surface area contributed by atoms with Crippen LogP contribution in [0.15, 0.2) is 66.8 Å². The van der Waals surface area contributed by atoms with Gasteiger partial charge >= 0.3 is 0 Å². The van der Waals surface area contributed by atoms with Crippen LogP contribution >= 0.6 is 23.8 Å². The van der Waals surface area contributed by atoms with Gasteiger partial charge in [0.05, 0.1) is 0 Å². The highest BCUT2D eigenvalue weighted by Crippen LogP contribution is 2.24. The number of rotatable bonds is 6. The van der Waals surface area contributed by atoms with Crippen molar-refractivity contribution in [2.24, 2.45) is 0 Å². The van der Waals surface area contributed by atoms with E-state index in [4.69, 9.17) is 28.6 Å². The van der Waals surface area contributed by atoms with Crippen molar-refractivity contribution < 1.29 is 14.3 Å². The van der Waals surface area contributed by atoms with Crippen molar-refractivity contribution in [3.63, 3.8) is 0 Å². The second kappa shape index (κ2) is 8.82. The molecule has 2 amide bonds. The van der Waals surface area contributed by atoms with Gasteiger partial charge in [0.25, 0.3) is 11.8 Å². The van der Waals surface area contributed by atoms with E-state index >= 15 is 0 Å². The molecule has 0 unspecified atom stereocenters. The molecule has 1 heterocycles. The van der Waals surface area contributed by atoms with Crippen molar-refractivity contribution in [1.82, 2.24) is 10.2 Å². The van der Waals surface area contributed by atoms with E-state index in [0.29, 0.717) is 22.9 Å². The van der Waals surface area contributed by atoms with Crippen LogP contribution in [0.25, 0.3) is 6.08 Å². The number of carbonyl (C=O) groups is 2. The lowest BCUT2D eigenvalue weighted by molar-refractivity contribution is -0.128. The highest BCUT2D eigenvalue weighted by atomic mass is 35.5. The predicted molar refractivity (Wildman–Crippen MR) is 113 cm³/mol. The summed E-state index contributed by atoms with van der Waals surface area (Å²) in [5.41, 5.74) is 1.49. The van der Waals surface area contributed by atoms with Crippen molar-refractivity contribution in [2.75, 3.05) is 6.54 Å². The zero-order chi connectivity index (χ0) is 20.1. The van der Waals surface area contributed by atoms with E-state index in [0.717, 1.165) is 5.56 Å². The number of para-hydroxylation sites is 1. The Hall–Kier alpha value is -2.96. The minimum absolute atomic E-state index is 0.0192. The molecule has 0 bridgehead atoms. The van der Waals surface area contributed by atoms with Crippen LogP contribution < -0.4 is 10.1 Å². The number of benzene rings is 2. The number of halogens is 1. The van der Waals surface area contributed by atoms with Crippen LogP contribution in [0.2, 0.25) is 5.02 Å². The first-order chi connectivity index (χ1) is 13.5. The summed E-state index contributed by atoms with van der Waals surface area (Å²) in [6, 6.07) is 14.5. The van der Waals surface area contributed by atoms with Gasteiger partial charge in [-0.15, -0.1) is 6.58 Å². The SMILES string of the molecule is C=CCN1C(=O)C(=Cc2ccccc2OCc2cccc(Cl)c2)C(=O)NC1=S. The summed E-state index contributed by atoms with van der Waals surface area (Å²) >= 11 is 11.1. The van der Waals surface area contributed by atoms with Gasteiger partial charge in [-0.05, 0) is 42.1 Å². The molecule has 0 aliphatic carbocycles. The Labute approximate surface area is 173 Å². The van der Waals surface area contributed by atoms with Crippen LogP contribution in [0, 0.1) is 0 Å². The van der Waals surface area contributed by atoms with Gasteiger partial charge in [0.1, 0.15) is 17.9 Å². The third-order valence-electron chi connectivity index (χ3n) is 4.00. The molecule has 0 spiro atoms. The number of amides is 2. The lowest BCUT2D eigenvalue weighted by atomic mass is 10.1. The molecule has 2 aromatic rings. The van der Waals surface area contributed by atoms with Crippen LogP contribution in [0.5, 0.6) is 5.75 Å². The third kappa shape index (κ3) is 4.47. The molecule has 0 radical (unpaired) electrons. The lowest BCUT2D eigenvalue weighted by Gasteiger charge is -2.27. The van der Waals surface area contributed by atoms with Gasteiger partial charge in [-0.3, -0.25) is 19.8 Å². The molecule has 3 rings (SSSR count). The maximum atomic E-state index is 12.7. The molecule has 28 heavy (non-hydrogen) atoms. The molecule has 1 N–H and O–H groups in total. The van der Waals surface area contributed by atoms with E-state index in [-0.39, 0.29) is 17.2 Å². The fourth-order valence-corrected chi connectivity index (χ4v) is 3.13. The first-order valence-electron chi connectivity index (χ1n) is 8.45. The maximum Gasteiger partial charge on any atom is 0.265 e. The number of hydrogen-bond acceptors (Lipinski definition) is 4. The molecule has 0 saturated carbocycles. The quantitative estimate of drug-likeness (QED) is 0.340. The second-order valence-corrected chi connectivity index (χ2v) is 6.80. The van der Waals surface area contributed by atoms with Crippen molar-refractivity contribution in [2.45, 2.75) is 6.61 Å². The Morgan fingerprint density at radius 2 is 1.96 bits per heavy atom. The lowest BCUT2D eigenvalue weighted by Crippen LogP contribution is -2.53. The van der Waals surface area contributed by atoms with Gasteiger partial charge < -0.3 is 4.74 Å². The van der Waals surface area contributed by atoms with Gasteiger partial charge in [0, 0.05) is 17.1 Å². The standard InChI is InChI=1S/C21H17ClN2O3S/c1-2-10-24-20(26)17(19(25)23-21(24)28)12-15-7-3-4-9-18(15)27-13-14-6-5-8-16(22)11-14/h2-9,11-12H,1,10,13H2,(H,23,25,28). The van der Waals surface area contributed by atoms with Crippen LogP contribution in [0.1, 0.15) is 11.1 Å². The summed E-state index contributed by atoms with van der Waals surface area (Å²) in [5.74, 6) is -0.475. The normalized spacial score (nSPS) is 15.5. The summed E-state index contributed by atoms with van der Waals surface area (Å²) in [5, 5.41) is 3.22. The molecule has 2 aromatic carbocycles. The van der Waals surface area contributed by atoms with E-state index in [1.807, 2.05) is 24.3 Å². The maximum absolute atomic E-state index is 12.7. The highest BCUT2D eigenvalue weighted by Gasteiger charge is 2.32. The van der Waals surface area contributed by atoms with Gasteiger partial charge in [-0.1, -0.05) is 48.0 Å². The minimum atomic E-state index is -0.542. The Morgan fingerprint density at radius 3 is 2.71 bits per heavy atom. The fraction of sp³-hybridized carbons (Fsp3) is 0.0952. The Kier molecular flexibility index (Phi) is 6.23. The monoisotopic (exact) mass is 412 g/mol. The fourth-order valence-electron chi connectivity index (χ4n) is 2.66. The Bertz CT molecular complexity index is 987. The van der Waals surface area contributed by atoms with Gasteiger partial charge in [-0.25, -0.2) is 0 Å². The third-order valence-corrected chi connectivity index (χ3v) is 4.56. The smallest absolute Gasteiger partial charge is 0.265 e. The van der Waals surface area contributed by atoms with E-state index in [9.17, 15) is 9.59 Å². The van der Waals surface area contributed by atoms with Crippen molar-refractivity contribution >= 4 is 46.8 Å². The van der Waals surface area contributed by atoms with Crippen molar-refractivity contribution in [1.29, 1.82) is 0 Å². The molecule has 1 aliphatic heterocycles. The summed E-state index contributed by atoms with van der Waals surface area (Å²) in [6.07, 6.45) is 3.05. The first-order valence-corrected chi connectivity index (χ1v) is 9.24. The van der Waals surface area contributed by atoms with Crippen molar-refractivity contribution in [3.8, 4) is 5.75 Å². The second-order valence-electron chi connectivity index (χ2n) is 5.98. The average Bonchev–Trinajstić information content (AvgIpc) is 2.67. The molecule has 142 valence electrons. The minimum Gasteiger partial charge on any atom is -0.488 e. The molecule has 5 nitrogen and oxygen atoms in total. The number of ether oxygens (including phenoxy) is 1. The molecule has 0 atom stereocenters. The number of nitrogens with one attached hydrogen (secondary N) is 1. The average molecular weight is 413 g/mol. The number of thiocarbonyl (C=S) groups is 1. The number of nitrogens with zero attached hydrogens (tertiary/aromatic N) is 1. The van der Waals surface area contributed by atoms with Crippen LogP contribution in [-0.2, 0) is 16.2 Å². The first kappa shape index (κ1) is 19.8. The van der Waals surface area contributed by atoms with E-state index in [2.05, 4.69) is 11.9 Å². The number of hydrogen-bond donors (Lipinski definition) is 1. The molecule has 1 aliphatic rings. The molecular formula is C21H17ClN2O3S. The van der Waals surface area contributed by atoms with Gasteiger partial charge in [0.15, 0.2) is 5.11 Å². The molecule has 1 saturated heterocycles. The molecule has 1 fully saturated rings. The van der Waals surface area contributed by atoms with Crippen molar-refractivity contribution in [3.05, 3.63) is 82.9 Å². The van der Waals surface area contributed by atoms with E-state index in [1.54, 1.807) is 30.3 Å². The number of carbonyl (C=O) groups excluding carboxylic acids is 2. The zero-order valence-electron chi connectivity index (χ0n) is 14.9. The van der Waals surface area contributed by atoms with Gasteiger partial charge in [-0.2, -0.15) is 0 Å².